The summed E-state index contributed by atoms with van der Waals surface area (Å²) in [6, 6.07) is 17.4. The van der Waals surface area contributed by atoms with Crippen LogP contribution in [-0.4, -0.2) is 36.0 Å². The zero-order valence-electron chi connectivity index (χ0n) is 16.5. The highest BCUT2D eigenvalue weighted by Crippen LogP contribution is 2.27. The van der Waals surface area contributed by atoms with Gasteiger partial charge < -0.3 is 10.1 Å². The molecule has 0 saturated heterocycles. The molecule has 2 rings (SSSR count). The molecule has 0 aliphatic carbocycles. The van der Waals surface area contributed by atoms with E-state index in [1.165, 1.54) is 0 Å². The molecule has 0 heterocycles. The summed E-state index contributed by atoms with van der Waals surface area (Å²) in [7, 11) is 0. The standard InChI is InChI=1S/C22H29ClN2O2/c1-16(2)25(17(3)4)15-14-24-22(26)21(19-12-8-9-13-20(19)23)27-18-10-6-5-7-11-18/h5-13,16-17,21H,14-15H2,1-4H3,(H,24,26). The highest BCUT2D eigenvalue weighted by Gasteiger charge is 2.25. The van der Waals surface area contributed by atoms with E-state index in [2.05, 4.69) is 37.9 Å². The Morgan fingerprint density at radius 2 is 1.59 bits per heavy atom. The Bertz CT molecular complexity index is 711. The summed E-state index contributed by atoms with van der Waals surface area (Å²) in [4.78, 5) is 15.2. The average Bonchev–Trinajstić information content (AvgIpc) is 2.64. The highest BCUT2D eigenvalue weighted by molar-refractivity contribution is 6.31. The van der Waals surface area contributed by atoms with Crippen LogP contribution in [0.15, 0.2) is 54.6 Å². The van der Waals surface area contributed by atoms with Crippen LogP contribution in [0.3, 0.4) is 0 Å². The first-order chi connectivity index (χ1) is 12.9. The van der Waals surface area contributed by atoms with Crippen LogP contribution in [0.1, 0.15) is 39.4 Å². The quantitative estimate of drug-likeness (QED) is 0.677. The first kappa shape index (κ1) is 21.3. The minimum Gasteiger partial charge on any atom is -0.476 e. The molecule has 0 bridgehead atoms. The first-order valence-corrected chi connectivity index (χ1v) is 9.77. The van der Waals surface area contributed by atoms with E-state index in [4.69, 9.17) is 16.3 Å². The maximum atomic E-state index is 12.9. The number of rotatable bonds is 9. The summed E-state index contributed by atoms with van der Waals surface area (Å²) in [6.07, 6.45) is -0.798. The fourth-order valence-electron chi connectivity index (χ4n) is 3.09. The van der Waals surface area contributed by atoms with E-state index in [-0.39, 0.29) is 5.91 Å². The van der Waals surface area contributed by atoms with Crippen LogP contribution in [0, 0.1) is 0 Å². The maximum Gasteiger partial charge on any atom is 0.265 e. The third kappa shape index (κ3) is 6.26. The van der Waals surface area contributed by atoms with E-state index in [9.17, 15) is 4.79 Å². The number of carbonyl (C=O) groups is 1. The molecule has 0 aliphatic heterocycles. The van der Waals surface area contributed by atoms with Crippen molar-refractivity contribution in [3.05, 3.63) is 65.2 Å². The number of benzene rings is 2. The van der Waals surface area contributed by atoms with E-state index in [0.717, 1.165) is 6.54 Å². The lowest BCUT2D eigenvalue weighted by Gasteiger charge is -2.30. The predicted octanol–water partition coefficient (Wildman–Crippen LogP) is 4.70. The molecule has 0 fully saturated rings. The molecular formula is C22H29ClN2O2. The molecule has 0 radical (unpaired) electrons. The van der Waals surface area contributed by atoms with Crippen molar-refractivity contribution in [3.63, 3.8) is 0 Å². The van der Waals surface area contributed by atoms with E-state index >= 15 is 0 Å². The second kappa shape index (κ2) is 10.3. The lowest BCUT2D eigenvalue weighted by atomic mass is 10.1. The molecule has 1 atom stereocenters. The molecule has 146 valence electrons. The van der Waals surface area contributed by atoms with Gasteiger partial charge in [-0.25, -0.2) is 0 Å². The lowest BCUT2D eigenvalue weighted by molar-refractivity contribution is -0.128. The van der Waals surface area contributed by atoms with Crippen molar-refractivity contribution in [1.29, 1.82) is 0 Å². The van der Waals surface area contributed by atoms with Gasteiger partial charge in [-0.1, -0.05) is 48.0 Å². The van der Waals surface area contributed by atoms with Crippen molar-refractivity contribution in [1.82, 2.24) is 10.2 Å². The van der Waals surface area contributed by atoms with Gasteiger partial charge in [0.2, 0.25) is 6.10 Å². The number of nitrogens with one attached hydrogen (secondary N) is 1. The number of halogens is 1. The lowest BCUT2D eigenvalue weighted by Crippen LogP contribution is -2.43. The zero-order chi connectivity index (χ0) is 19.8. The molecule has 2 aromatic rings. The van der Waals surface area contributed by atoms with Gasteiger partial charge in [-0.15, -0.1) is 0 Å². The molecule has 2 aromatic carbocycles. The molecule has 0 saturated carbocycles. The van der Waals surface area contributed by atoms with Gasteiger partial charge in [-0.05, 0) is 45.9 Å². The van der Waals surface area contributed by atoms with Crippen molar-refractivity contribution in [2.24, 2.45) is 0 Å². The predicted molar refractivity (Wildman–Crippen MR) is 111 cm³/mol. The fraction of sp³-hybridized carbons (Fsp3) is 0.409. The monoisotopic (exact) mass is 388 g/mol. The number of carbonyl (C=O) groups excluding carboxylic acids is 1. The molecule has 4 nitrogen and oxygen atoms in total. The number of nitrogens with zero attached hydrogens (tertiary/aromatic N) is 1. The molecular weight excluding hydrogens is 360 g/mol. The van der Waals surface area contributed by atoms with Gasteiger partial charge in [0.05, 0.1) is 0 Å². The Balaban J connectivity index is 2.11. The Labute approximate surface area is 167 Å². The molecule has 1 unspecified atom stereocenters. The first-order valence-electron chi connectivity index (χ1n) is 9.39. The van der Waals surface area contributed by atoms with Gasteiger partial charge in [0, 0.05) is 35.8 Å². The summed E-state index contributed by atoms with van der Waals surface area (Å²) in [5.41, 5.74) is 0.657. The van der Waals surface area contributed by atoms with Crippen molar-refractivity contribution in [2.45, 2.75) is 45.9 Å². The van der Waals surface area contributed by atoms with Gasteiger partial charge in [-0.2, -0.15) is 0 Å². The van der Waals surface area contributed by atoms with Crippen molar-refractivity contribution in [2.75, 3.05) is 13.1 Å². The van der Waals surface area contributed by atoms with Crippen LogP contribution in [0.4, 0.5) is 0 Å². The fourth-order valence-corrected chi connectivity index (χ4v) is 3.33. The Kier molecular flexibility index (Phi) is 8.14. The number of hydrogen-bond acceptors (Lipinski definition) is 3. The third-order valence-electron chi connectivity index (χ3n) is 4.42. The molecule has 0 spiro atoms. The number of para-hydroxylation sites is 1. The Hall–Kier alpha value is -2.04. The van der Waals surface area contributed by atoms with Crippen molar-refractivity contribution >= 4 is 17.5 Å². The average molecular weight is 389 g/mol. The Morgan fingerprint density at radius 1 is 1.00 bits per heavy atom. The van der Waals surface area contributed by atoms with E-state index in [1.54, 1.807) is 6.07 Å². The van der Waals surface area contributed by atoms with Gasteiger partial charge in [-0.3, -0.25) is 9.69 Å². The van der Waals surface area contributed by atoms with Crippen molar-refractivity contribution in [3.8, 4) is 5.75 Å². The molecule has 27 heavy (non-hydrogen) atoms. The summed E-state index contributed by atoms with van der Waals surface area (Å²) in [6.45, 7) is 9.97. The largest absolute Gasteiger partial charge is 0.476 e. The minimum absolute atomic E-state index is 0.195. The van der Waals surface area contributed by atoms with Crippen LogP contribution in [0.5, 0.6) is 5.75 Å². The van der Waals surface area contributed by atoms with Crippen molar-refractivity contribution < 1.29 is 9.53 Å². The SMILES string of the molecule is CC(C)N(CCNC(=O)C(Oc1ccccc1)c1ccccc1Cl)C(C)C. The molecule has 0 aromatic heterocycles. The smallest absolute Gasteiger partial charge is 0.265 e. The van der Waals surface area contributed by atoms with Crippen LogP contribution >= 0.6 is 11.6 Å². The summed E-state index contributed by atoms with van der Waals surface area (Å²) in [5.74, 6) is 0.433. The topological polar surface area (TPSA) is 41.6 Å². The second-order valence-electron chi connectivity index (χ2n) is 7.05. The van der Waals surface area contributed by atoms with Crippen LogP contribution in [-0.2, 0) is 4.79 Å². The number of amides is 1. The van der Waals surface area contributed by atoms with Crippen LogP contribution in [0.2, 0.25) is 5.02 Å². The number of ether oxygens (including phenoxy) is 1. The van der Waals surface area contributed by atoms with Gasteiger partial charge >= 0.3 is 0 Å². The number of hydrogen-bond donors (Lipinski definition) is 1. The van der Waals surface area contributed by atoms with E-state index in [1.807, 2.05) is 48.5 Å². The molecule has 1 N–H and O–H groups in total. The summed E-state index contributed by atoms with van der Waals surface area (Å²) < 4.78 is 5.99. The molecule has 0 aliphatic rings. The minimum atomic E-state index is -0.798. The van der Waals surface area contributed by atoms with E-state index < -0.39 is 6.10 Å². The Morgan fingerprint density at radius 3 is 2.19 bits per heavy atom. The summed E-state index contributed by atoms with van der Waals surface area (Å²) in [5, 5.41) is 3.52. The second-order valence-corrected chi connectivity index (χ2v) is 7.46. The maximum absolute atomic E-state index is 12.9. The van der Waals surface area contributed by atoms with Gasteiger partial charge in [0.15, 0.2) is 0 Å². The highest BCUT2D eigenvalue weighted by atomic mass is 35.5. The van der Waals surface area contributed by atoms with Gasteiger partial charge in [0.1, 0.15) is 5.75 Å². The third-order valence-corrected chi connectivity index (χ3v) is 4.76. The summed E-state index contributed by atoms with van der Waals surface area (Å²) >= 11 is 6.33. The van der Waals surface area contributed by atoms with Gasteiger partial charge in [0.25, 0.3) is 5.91 Å². The zero-order valence-corrected chi connectivity index (χ0v) is 17.2. The van der Waals surface area contributed by atoms with Crippen LogP contribution < -0.4 is 10.1 Å². The van der Waals surface area contributed by atoms with E-state index in [0.29, 0.717) is 35.0 Å². The molecule has 1 amide bonds. The van der Waals surface area contributed by atoms with Crippen LogP contribution in [0.25, 0.3) is 0 Å². The normalized spacial score (nSPS) is 12.4. The molecule has 5 heteroatoms.